The zero-order chi connectivity index (χ0) is 12.9. The van der Waals surface area contributed by atoms with Gasteiger partial charge in [0.2, 0.25) is 0 Å². The summed E-state index contributed by atoms with van der Waals surface area (Å²) >= 11 is 0. The molecule has 1 aromatic carbocycles. The Balaban J connectivity index is 2.76. The van der Waals surface area contributed by atoms with Gasteiger partial charge in [-0.25, -0.2) is 0 Å². The minimum atomic E-state index is -0.271. The van der Waals surface area contributed by atoms with Crippen molar-refractivity contribution in [2.45, 2.75) is 45.8 Å². The van der Waals surface area contributed by atoms with Gasteiger partial charge in [0.25, 0.3) is 0 Å². The Kier molecular flexibility index (Phi) is 5.12. The van der Waals surface area contributed by atoms with Crippen LogP contribution in [-0.2, 0) is 11.2 Å². The summed E-state index contributed by atoms with van der Waals surface area (Å²) in [5.74, 6) is 5.65. The molecule has 1 atom stereocenters. The van der Waals surface area contributed by atoms with Gasteiger partial charge in [-0.05, 0) is 39.7 Å². The molecule has 1 unspecified atom stereocenters. The largest absolute Gasteiger partial charge is 0.374 e. The monoisotopic (exact) mass is 236 g/mol. The number of rotatable bonds is 6. The van der Waals surface area contributed by atoms with E-state index in [9.17, 15) is 0 Å². The highest BCUT2D eigenvalue weighted by Crippen LogP contribution is 2.19. The van der Waals surface area contributed by atoms with Gasteiger partial charge in [0.05, 0.1) is 11.6 Å². The van der Waals surface area contributed by atoms with Crippen molar-refractivity contribution in [3.8, 4) is 0 Å². The maximum atomic E-state index is 5.74. The van der Waals surface area contributed by atoms with Crippen LogP contribution in [0.5, 0.6) is 0 Å². The average molecular weight is 236 g/mol. The first-order valence-electron chi connectivity index (χ1n) is 6.15. The molecule has 0 saturated carbocycles. The van der Waals surface area contributed by atoms with E-state index in [1.165, 1.54) is 11.1 Å². The molecule has 0 aliphatic heterocycles. The van der Waals surface area contributed by atoms with Gasteiger partial charge in [0.1, 0.15) is 0 Å². The summed E-state index contributed by atoms with van der Waals surface area (Å²) in [6.07, 6.45) is 0.866. The topological polar surface area (TPSA) is 47.3 Å². The van der Waals surface area contributed by atoms with Crippen LogP contribution in [0.1, 0.15) is 31.9 Å². The molecule has 0 aromatic heterocycles. The highest BCUT2D eigenvalue weighted by Gasteiger charge is 2.29. The van der Waals surface area contributed by atoms with Gasteiger partial charge in [-0.1, -0.05) is 29.8 Å². The van der Waals surface area contributed by atoms with E-state index < -0.39 is 0 Å². The van der Waals surface area contributed by atoms with Crippen molar-refractivity contribution < 1.29 is 4.74 Å². The van der Waals surface area contributed by atoms with Crippen LogP contribution < -0.4 is 11.3 Å². The van der Waals surface area contributed by atoms with Gasteiger partial charge in [-0.2, -0.15) is 0 Å². The third kappa shape index (κ3) is 4.11. The van der Waals surface area contributed by atoms with E-state index in [0.29, 0.717) is 6.61 Å². The predicted octanol–water partition coefficient (Wildman–Crippen LogP) is 2.18. The SMILES string of the molecule is CCOC(C)(C)C(Cc1cccc(C)c1)NN. The van der Waals surface area contributed by atoms with Gasteiger partial charge in [-0.3, -0.25) is 11.3 Å². The van der Waals surface area contributed by atoms with E-state index in [1.54, 1.807) is 0 Å². The molecule has 0 amide bonds. The molecule has 1 aromatic rings. The number of hydrogen-bond donors (Lipinski definition) is 2. The quantitative estimate of drug-likeness (QED) is 0.588. The van der Waals surface area contributed by atoms with E-state index in [0.717, 1.165) is 6.42 Å². The lowest BCUT2D eigenvalue weighted by molar-refractivity contribution is -0.0380. The van der Waals surface area contributed by atoms with Crippen LogP contribution in [0, 0.1) is 6.92 Å². The predicted molar refractivity (Wildman–Crippen MR) is 71.7 cm³/mol. The number of nitrogens with two attached hydrogens (primary N) is 1. The first-order chi connectivity index (χ1) is 7.99. The van der Waals surface area contributed by atoms with Crippen LogP contribution in [0.25, 0.3) is 0 Å². The Labute approximate surface area is 104 Å². The van der Waals surface area contributed by atoms with Gasteiger partial charge in [0, 0.05) is 6.61 Å². The molecule has 0 spiro atoms. The summed E-state index contributed by atoms with van der Waals surface area (Å²) in [6, 6.07) is 8.59. The van der Waals surface area contributed by atoms with Crippen LogP contribution in [-0.4, -0.2) is 18.2 Å². The van der Waals surface area contributed by atoms with Crippen molar-refractivity contribution in [2.24, 2.45) is 5.84 Å². The number of hydrogen-bond acceptors (Lipinski definition) is 3. The van der Waals surface area contributed by atoms with Crippen molar-refractivity contribution in [3.05, 3.63) is 35.4 Å². The molecule has 3 heteroatoms. The minimum absolute atomic E-state index is 0.101. The standard InChI is InChI=1S/C14H24N2O/c1-5-17-14(3,4)13(16-15)10-12-8-6-7-11(2)9-12/h6-9,13,16H,5,10,15H2,1-4H3. The molecule has 3 nitrogen and oxygen atoms in total. The lowest BCUT2D eigenvalue weighted by Gasteiger charge is -2.33. The summed E-state index contributed by atoms with van der Waals surface area (Å²) in [4.78, 5) is 0. The third-order valence-corrected chi connectivity index (χ3v) is 3.08. The van der Waals surface area contributed by atoms with E-state index in [4.69, 9.17) is 10.6 Å². The number of aryl methyl sites for hydroxylation is 1. The lowest BCUT2D eigenvalue weighted by Crippen LogP contribution is -2.52. The molecule has 0 heterocycles. The summed E-state index contributed by atoms with van der Waals surface area (Å²) in [5.41, 5.74) is 5.15. The smallest absolute Gasteiger partial charge is 0.0795 e. The Morgan fingerprint density at radius 2 is 2.12 bits per heavy atom. The van der Waals surface area contributed by atoms with Gasteiger partial charge in [-0.15, -0.1) is 0 Å². The molecule has 17 heavy (non-hydrogen) atoms. The highest BCUT2D eigenvalue weighted by atomic mass is 16.5. The molecule has 0 aliphatic carbocycles. The molecular formula is C14H24N2O. The van der Waals surface area contributed by atoms with E-state index in [2.05, 4.69) is 50.5 Å². The van der Waals surface area contributed by atoms with Crippen molar-refractivity contribution in [1.29, 1.82) is 0 Å². The second-order valence-corrected chi connectivity index (χ2v) is 4.95. The average Bonchev–Trinajstić information content (AvgIpc) is 2.25. The molecule has 0 radical (unpaired) electrons. The van der Waals surface area contributed by atoms with Crippen molar-refractivity contribution in [1.82, 2.24) is 5.43 Å². The summed E-state index contributed by atoms with van der Waals surface area (Å²) < 4.78 is 5.74. The normalized spacial score (nSPS) is 13.7. The summed E-state index contributed by atoms with van der Waals surface area (Å²) in [6.45, 7) is 8.93. The van der Waals surface area contributed by atoms with E-state index in [-0.39, 0.29) is 11.6 Å². The Morgan fingerprint density at radius 1 is 1.41 bits per heavy atom. The fourth-order valence-corrected chi connectivity index (χ4v) is 2.05. The molecule has 96 valence electrons. The van der Waals surface area contributed by atoms with Crippen LogP contribution in [0.4, 0.5) is 0 Å². The molecule has 1 rings (SSSR count). The molecule has 0 bridgehead atoms. The van der Waals surface area contributed by atoms with Crippen molar-refractivity contribution >= 4 is 0 Å². The fraction of sp³-hybridized carbons (Fsp3) is 0.571. The molecule has 0 fully saturated rings. The number of ether oxygens (including phenoxy) is 1. The molecule has 3 N–H and O–H groups in total. The number of benzene rings is 1. The van der Waals surface area contributed by atoms with Crippen LogP contribution in [0.2, 0.25) is 0 Å². The molecule has 0 aliphatic rings. The lowest BCUT2D eigenvalue weighted by atomic mass is 9.92. The Hall–Kier alpha value is -0.900. The van der Waals surface area contributed by atoms with Gasteiger partial charge < -0.3 is 4.74 Å². The van der Waals surface area contributed by atoms with Crippen LogP contribution >= 0.6 is 0 Å². The fourth-order valence-electron chi connectivity index (χ4n) is 2.05. The zero-order valence-electron chi connectivity index (χ0n) is 11.3. The second kappa shape index (κ2) is 6.15. The highest BCUT2D eigenvalue weighted by molar-refractivity contribution is 5.23. The van der Waals surface area contributed by atoms with Crippen molar-refractivity contribution in [3.63, 3.8) is 0 Å². The summed E-state index contributed by atoms with van der Waals surface area (Å²) in [7, 11) is 0. The van der Waals surface area contributed by atoms with Gasteiger partial charge in [0.15, 0.2) is 0 Å². The van der Waals surface area contributed by atoms with Crippen LogP contribution in [0.3, 0.4) is 0 Å². The first kappa shape index (κ1) is 14.2. The van der Waals surface area contributed by atoms with E-state index >= 15 is 0 Å². The zero-order valence-corrected chi connectivity index (χ0v) is 11.3. The van der Waals surface area contributed by atoms with Gasteiger partial charge >= 0.3 is 0 Å². The van der Waals surface area contributed by atoms with Crippen LogP contribution in [0.15, 0.2) is 24.3 Å². The van der Waals surface area contributed by atoms with Crippen molar-refractivity contribution in [2.75, 3.05) is 6.61 Å². The third-order valence-electron chi connectivity index (χ3n) is 3.08. The maximum absolute atomic E-state index is 5.74. The molecular weight excluding hydrogens is 212 g/mol. The maximum Gasteiger partial charge on any atom is 0.0795 e. The molecule has 0 saturated heterocycles. The number of nitrogens with one attached hydrogen (secondary N) is 1. The number of hydrazine groups is 1. The minimum Gasteiger partial charge on any atom is -0.374 e. The first-order valence-corrected chi connectivity index (χ1v) is 6.15. The van der Waals surface area contributed by atoms with E-state index in [1.807, 2.05) is 6.92 Å². The summed E-state index contributed by atoms with van der Waals surface area (Å²) in [5, 5.41) is 0. The Bertz CT molecular complexity index is 350. The second-order valence-electron chi connectivity index (χ2n) is 4.95. The Morgan fingerprint density at radius 3 is 2.65 bits per heavy atom.